The molecule has 0 aliphatic carbocycles. The van der Waals surface area contributed by atoms with Crippen LogP contribution in [0.25, 0.3) is 10.9 Å². The number of fused-ring (bicyclic) bond motifs is 1. The number of nitrogens with one attached hydrogen (secondary N) is 1. The minimum absolute atomic E-state index is 0.130. The largest absolute Gasteiger partial charge is 0.371 e. The Bertz CT molecular complexity index is 931. The van der Waals surface area contributed by atoms with Crippen molar-refractivity contribution >= 4 is 46.1 Å². The Balaban J connectivity index is 1.72. The number of hydrogen-bond acceptors (Lipinski definition) is 5. The molecular formula is C16H19BN6O2S. The average Bonchev–Trinajstić information content (AvgIpc) is 2.99. The average molecular weight is 370 g/mol. The van der Waals surface area contributed by atoms with Crippen LogP contribution in [0.2, 0.25) is 12.6 Å². The van der Waals surface area contributed by atoms with Crippen LogP contribution in [0.5, 0.6) is 0 Å². The first-order valence-corrected chi connectivity index (χ1v) is 9.97. The van der Waals surface area contributed by atoms with Crippen molar-refractivity contribution in [2.45, 2.75) is 12.6 Å². The van der Waals surface area contributed by atoms with E-state index in [0.717, 1.165) is 42.3 Å². The van der Waals surface area contributed by atoms with Gasteiger partial charge in [0.05, 0.1) is 17.0 Å². The van der Waals surface area contributed by atoms with Gasteiger partial charge in [-0.05, 0) is 24.8 Å². The lowest BCUT2D eigenvalue weighted by Crippen LogP contribution is -2.49. The Morgan fingerprint density at radius 2 is 2.08 bits per heavy atom. The van der Waals surface area contributed by atoms with Gasteiger partial charge in [0, 0.05) is 38.0 Å². The summed E-state index contributed by atoms with van der Waals surface area (Å²) >= 11 is 0. The lowest BCUT2D eigenvalue weighted by Gasteiger charge is -2.30. The number of carbonyl (C=O) groups excluding carboxylic acids is 1. The molecule has 10 heteroatoms. The van der Waals surface area contributed by atoms with Crippen molar-refractivity contribution in [3.8, 4) is 5.97 Å². The van der Waals surface area contributed by atoms with Gasteiger partial charge < -0.3 is 4.90 Å². The summed E-state index contributed by atoms with van der Waals surface area (Å²) in [5, 5.41) is 14.6. The topological polar surface area (TPSA) is 94.3 Å². The zero-order valence-electron chi connectivity index (χ0n) is 14.5. The molecule has 2 aromatic rings. The fraction of sp³-hybridized carbons (Fsp3) is 0.438. The first-order valence-electron chi connectivity index (χ1n) is 8.65. The molecule has 2 saturated heterocycles. The highest BCUT2D eigenvalue weighted by molar-refractivity contribution is 7.83. The van der Waals surface area contributed by atoms with Crippen molar-refractivity contribution in [2.24, 2.45) is 7.05 Å². The maximum Gasteiger partial charge on any atom is 0.334 e. The van der Waals surface area contributed by atoms with Crippen LogP contribution < -0.4 is 14.5 Å². The number of benzene rings is 1. The van der Waals surface area contributed by atoms with Gasteiger partial charge in [0.15, 0.2) is 5.82 Å². The van der Waals surface area contributed by atoms with Crippen LogP contribution in [0.15, 0.2) is 18.2 Å². The van der Waals surface area contributed by atoms with Crippen LogP contribution in [0.4, 0.5) is 16.3 Å². The summed E-state index contributed by atoms with van der Waals surface area (Å²) in [5.74, 6) is 3.33. The number of carbonyl (C=O) groups is 1. The third-order valence-corrected chi connectivity index (χ3v) is 6.00. The zero-order valence-corrected chi connectivity index (χ0v) is 15.3. The summed E-state index contributed by atoms with van der Waals surface area (Å²) in [6.45, 7) is 2.18. The standard InChI is InChI=1S/C16H19BN6O2S/c1-21-14-12(15(19-21)23-9-10-26(25)20-16(23)24)3-2-4-13(14)22-7-5-17(11-18)6-8-22/h2-4H,5-10H2,1H3,(H,20,24). The van der Waals surface area contributed by atoms with Gasteiger partial charge in [-0.1, -0.05) is 6.07 Å². The second-order valence-corrected chi connectivity index (χ2v) is 7.92. The zero-order chi connectivity index (χ0) is 18.3. The van der Waals surface area contributed by atoms with E-state index in [-0.39, 0.29) is 12.7 Å². The number of rotatable bonds is 2. The lowest BCUT2D eigenvalue weighted by atomic mass is 9.45. The molecule has 1 N–H and O–H groups in total. The number of para-hydroxylation sites is 1. The maximum atomic E-state index is 12.2. The highest BCUT2D eigenvalue weighted by Crippen LogP contribution is 2.34. The van der Waals surface area contributed by atoms with E-state index in [1.54, 1.807) is 9.58 Å². The monoisotopic (exact) mass is 370 g/mol. The predicted octanol–water partition coefficient (Wildman–Crippen LogP) is 1.14. The van der Waals surface area contributed by atoms with E-state index in [1.807, 2.05) is 19.2 Å². The van der Waals surface area contributed by atoms with Gasteiger partial charge >= 0.3 is 6.03 Å². The third kappa shape index (κ3) is 2.82. The van der Waals surface area contributed by atoms with Crippen molar-refractivity contribution in [3.05, 3.63) is 18.2 Å². The molecule has 26 heavy (non-hydrogen) atoms. The van der Waals surface area contributed by atoms with Crippen LogP contribution in [0.3, 0.4) is 0 Å². The van der Waals surface area contributed by atoms with Crippen LogP contribution in [0, 0.1) is 11.2 Å². The van der Waals surface area contributed by atoms with Gasteiger partial charge in [-0.3, -0.25) is 14.3 Å². The second kappa shape index (κ2) is 6.65. The van der Waals surface area contributed by atoms with Gasteiger partial charge in [-0.2, -0.15) is 5.10 Å². The summed E-state index contributed by atoms with van der Waals surface area (Å²) in [7, 11) is 0.558. The predicted molar refractivity (Wildman–Crippen MR) is 103 cm³/mol. The molecule has 0 saturated carbocycles. The molecule has 2 aliphatic rings. The molecule has 0 bridgehead atoms. The highest BCUT2D eigenvalue weighted by atomic mass is 32.2. The Morgan fingerprint density at radius 1 is 1.31 bits per heavy atom. The van der Waals surface area contributed by atoms with Gasteiger partial charge in [0.25, 0.3) is 6.71 Å². The smallest absolute Gasteiger partial charge is 0.334 e. The SMILES string of the molecule is Cn1nc(N2CCS(=O)NC2=O)c2cccc(N3CCB(C#N)CC3)c21. The van der Waals surface area contributed by atoms with E-state index in [2.05, 4.69) is 26.8 Å². The molecule has 1 atom stereocenters. The van der Waals surface area contributed by atoms with Gasteiger partial charge in [-0.25, -0.2) is 14.3 Å². The number of nitriles is 1. The summed E-state index contributed by atoms with van der Waals surface area (Å²) in [4.78, 5) is 16.1. The first-order chi connectivity index (χ1) is 12.6. The van der Waals surface area contributed by atoms with Crippen LogP contribution in [0.1, 0.15) is 0 Å². The highest BCUT2D eigenvalue weighted by Gasteiger charge is 2.29. The molecule has 3 heterocycles. The minimum Gasteiger partial charge on any atom is -0.371 e. The summed E-state index contributed by atoms with van der Waals surface area (Å²) < 4.78 is 15.8. The number of aryl methyl sites for hydroxylation is 1. The van der Waals surface area contributed by atoms with Gasteiger partial charge in [0.2, 0.25) is 0 Å². The maximum absolute atomic E-state index is 12.2. The number of anilines is 2. The number of hydrogen-bond donors (Lipinski definition) is 1. The van der Waals surface area contributed by atoms with Crippen LogP contribution in [-0.2, 0) is 18.0 Å². The van der Waals surface area contributed by atoms with E-state index in [4.69, 9.17) is 5.26 Å². The Morgan fingerprint density at radius 3 is 2.77 bits per heavy atom. The fourth-order valence-corrected chi connectivity index (χ4v) is 4.44. The molecule has 1 unspecified atom stereocenters. The van der Waals surface area contributed by atoms with Crippen molar-refractivity contribution in [3.63, 3.8) is 0 Å². The number of urea groups is 1. The second-order valence-electron chi connectivity index (χ2n) is 6.62. The number of amides is 2. The summed E-state index contributed by atoms with van der Waals surface area (Å²) in [6, 6.07) is 5.61. The molecule has 1 aromatic heterocycles. The summed E-state index contributed by atoms with van der Waals surface area (Å²) in [5.41, 5.74) is 2.04. The molecule has 0 spiro atoms. The van der Waals surface area contributed by atoms with Crippen molar-refractivity contribution in [2.75, 3.05) is 35.2 Å². The molecule has 8 nitrogen and oxygen atoms in total. The van der Waals surface area contributed by atoms with E-state index in [0.29, 0.717) is 18.1 Å². The van der Waals surface area contributed by atoms with Crippen LogP contribution in [-0.4, -0.2) is 52.1 Å². The third-order valence-electron chi connectivity index (χ3n) is 5.04. The van der Waals surface area contributed by atoms with E-state index in [1.165, 1.54) is 0 Å². The quantitative estimate of drug-likeness (QED) is 0.801. The number of aromatic nitrogens is 2. The van der Waals surface area contributed by atoms with Crippen molar-refractivity contribution in [1.82, 2.24) is 14.5 Å². The van der Waals surface area contributed by atoms with E-state index < -0.39 is 11.0 Å². The molecule has 2 amide bonds. The van der Waals surface area contributed by atoms with Crippen LogP contribution >= 0.6 is 0 Å². The normalized spacial score (nSPS) is 21.0. The van der Waals surface area contributed by atoms with Crippen molar-refractivity contribution in [1.29, 1.82) is 5.26 Å². The van der Waals surface area contributed by atoms with Gasteiger partial charge in [0.1, 0.15) is 11.0 Å². The van der Waals surface area contributed by atoms with Crippen molar-refractivity contribution < 1.29 is 9.00 Å². The van der Waals surface area contributed by atoms with E-state index in [9.17, 15) is 9.00 Å². The molecule has 1 aromatic carbocycles. The Labute approximate surface area is 154 Å². The molecular weight excluding hydrogens is 351 g/mol. The Hall–Kier alpha value is -2.54. The molecule has 0 radical (unpaired) electrons. The Kier molecular flexibility index (Phi) is 4.32. The molecule has 2 fully saturated rings. The first kappa shape index (κ1) is 16.9. The summed E-state index contributed by atoms with van der Waals surface area (Å²) in [6.07, 6.45) is 1.72. The minimum atomic E-state index is -1.31. The van der Waals surface area contributed by atoms with E-state index >= 15 is 0 Å². The number of nitrogens with zero attached hydrogens (tertiary/aromatic N) is 5. The fourth-order valence-electron chi connectivity index (χ4n) is 3.68. The molecule has 2 aliphatic heterocycles. The molecule has 4 rings (SSSR count). The van der Waals surface area contributed by atoms with Gasteiger partial charge in [-0.15, -0.1) is 0 Å². The lowest BCUT2D eigenvalue weighted by molar-refractivity contribution is 0.250. The molecule has 134 valence electrons.